The number of hydrogen-bond donors (Lipinski definition) is 4. The monoisotopic (exact) mass is 1130 g/mol. The Kier molecular flexibility index (Phi) is 24.2. The van der Waals surface area contributed by atoms with Crippen molar-refractivity contribution in [1.82, 2.24) is 14.8 Å². The number of pyridine rings is 1. The lowest BCUT2D eigenvalue weighted by Crippen LogP contribution is -2.61. The Morgan fingerprint density at radius 1 is 0.875 bits per heavy atom. The van der Waals surface area contributed by atoms with Crippen LogP contribution >= 0.6 is 0 Å². The number of ether oxygens (including phenoxy) is 10. The van der Waals surface area contributed by atoms with Gasteiger partial charge in [0, 0.05) is 76.2 Å². The molecule has 3 aliphatic heterocycles. The molecule has 0 bridgehead atoms. The molecule has 5 rings (SSSR count). The van der Waals surface area contributed by atoms with Crippen molar-refractivity contribution in [2.75, 3.05) is 61.7 Å². The molecule has 4 N–H and O–H groups in total. The van der Waals surface area contributed by atoms with Crippen LogP contribution < -0.4 is 10.7 Å². The van der Waals surface area contributed by atoms with Gasteiger partial charge in [0.05, 0.1) is 60.6 Å². The number of benzene rings is 1. The maximum absolute atomic E-state index is 14.6. The number of aliphatic hydroxyl groups excluding tert-OH is 2. The zero-order valence-electron chi connectivity index (χ0n) is 50.3. The van der Waals surface area contributed by atoms with Gasteiger partial charge in [0.15, 0.2) is 18.7 Å². The smallest absolute Gasteiger partial charge is 0.343 e. The fraction of sp³-hybridized carbons (Fsp3) is 0.780. The zero-order valence-corrected chi connectivity index (χ0v) is 50.3. The second-order valence-electron chi connectivity index (χ2n) is 23.3. The maximum atomic E-state index is 14.6. The lowest BCUT2D eigenvalue weighted by molar-refractivity contribution is -0.320. The fourth-order valence-electron chi connectivity index (χ4n) is 12.0. The predicted molar refractivity (Wildman–Crippen MR) is 297 cm³/mol. The summed E-state index contributed by atoms with van der Waals surface area (Å²) >= 11 is 0. The van der Waals surface area contributed by atoms with Crippen molar-refractivity contribution in [2.24, 2.45) is 23.7 Å². The molecule has 3 aliphatic rings. The summed E-state index contributed by atoms with van der Waals surface area (Å²) in [6, 6.07) is 5.33. The summed E-state index contributed by atoms with van der Waals surface area (Å²) in [5.41, 5.74) is -3.31. The third kappa shape index (κ3) is 15.6. The van der Waals surface area contributed by atoms with E-state index in [9.17, 15) is 39.3 Å². The minimum absolute atomic E-state index is 0.0346. The van der Waals surface area contributed by atoms with Gasteiger partial charge in [-0.3, -0.25) is 19.2 Å². The first-order valence-electron chi connectivity index (χ1n) is 28.6. The molecule has 3 fully saturated rings. The highest BCUT2D eigenvalue weighted by Gasteiger charge is 2.55. The van der Waals surface area contributed by atoms with Gasteiger partial charge in [-0.05, 0) is 119 Å². The van der Waals surface area contributed by atoms with Gasteiger partial charge in [0.1, 0.15) is 41.4 Å². The molecule has 0 saturated carbocycles. The number of fused-ring (bicyclic) bond motifs is 1. The number of likely N-dealkylation sites (N-methyl/N-ethyl adjacent to an activating group) is 1. The number of hydrogen-bond acceptors (Lipinski definition) is 20. The highest BCUT2D eigenvalue weighted by molar-refractivity contribution is 5.94. The van der Waals surface area contributed by atoms with Crippen LogP contribution in [0.4, 0.5) is 0 Å². The van der Waals surface area contributed by atoms with Crippen LogP contribution in [0.3, 0.4) is 0 Å². The van der Waals surface area contributed by atoms with Gasteiger partial charge in [0.2, 0.25) is 5.43 Å². The fourth-order valence-corrected chi connectivity index (χ4v) is 12.0. The highest BCUT2D eigenvalue weighted by atomic mass is 16.7. The molecule has 4 heterocycles. The SMILES string of the molecule is CC[C@H]1OC(=O)[C@H](C)[C@@H](O[C@H]2C[C@@](C)(OC)[C@@H](OC(=O)CCNCCCc3ccc4c(c3)c(=O)c(C(=O)OCCOC)cn4CC)[C@H](C)O2)[C@H](C)[C@@H](O[C@@H]2O[C@H](C)C[C@H](N(C)C)[C@H]2O)[C@](C)(OC)C[C@H](C)C(=O)[C@H](C)[C@@H](O)[C@]1(C)O. The van der Waals surface area contributed by atoms with Crippen LogP contribution in [0, 0.1) is 23.7 Å². The molecular weight excluding hydrogens is 1040 g/mol. The van der Waals surface area contributed by atoms with Crippen LogP contribution in [0.2, 0.25) is 0 Å². The van der Waals surface area contributed by atoms with Gasteiger partial charge < -0.3 is 77.5 Å². The van der Waals surface area contributed by atoms with Gasteiger partial charge in [-0.15, -0.1) is 0 Å². The van der Waals surface area contributed by atoms with E-state index in [0.717, 1.165) is 5.56 Å². The number of cyclic esters (lactones) is 1. The summed E-state index contributed by atoms with van der Waals surface area (Å²) in [6.07, 6.45) is -6.68. The Balaban J connectivity index is 1.33. The number of aliphatic hydroxyl groups is 3. The summed E-state index contributed by atoms with van der Waals surface area (Å²) < 4.78 is 63.5. The van der Waals surface area contributed by atoms with E-state index in [1.165, 1.54) is 34.4 Å². The normalized spacial score (nSPS) is 35.9. The first-order valence-corrected chi connectivity index (χ1v) is 28.6. The van der Waals surface area contributed by atoms with E-state index in [2.05, 4.69) is 5.32 Å². The number of nitrogens with zero attached hydrogens (tertiary/aromatic N) is 2. The number of aromatic nitrogens is 1. The van der Waals surface area contributed by atoms with E-state index in [4.69, 9.17) is 47.4 Å². The van der Waals surface area contributed by atoms with Gasteiger partial charge >= 0.3 is 17.9 Å². The molecule has 21 nitrogen and oxygen atoms in total. The van der Waals surface area contributed by atoms with Gasteiger partial charge in [-0.25, -0.2) is 4.79 Å². The Bertz CT molecular complexity index is 2440. The number of carbonyl (C=O) groups is 4. The molecule has 0 radical (unpaired) electrons. The van der Waals surface area contributed by atoms with Crippen molar-refractivity contribution in [1.29, 1.82) is 0 Å². The summed E-state index contributed by atoms with van der Waals surface area (Å²) in [5, 5.41) is 39.1. The summed E-state index contributed by atoms with van der Waals surface area (Å²) in [7, 11) is 8.24. The maximum Gasteiger partial charge on any atom is 0.343 e. The zero-order chi connectivity index (χ0) is 59.6. The van der Waals surface area contributed by atoms with E-state index >= 15 is 0 Å². The molecule has 1 aromatic heterocycles. The van der Waals surface area contributed by atoms with Gasteiger partial charge in [-0.1, -0.05) is 33.8 Å². The molecule has 2 aromatic rings. The van der Waals surface area contributed by atoms with Crippen molar-refractivity contribution < 1.29 is 81.9 Å². The molecule has 18 atom stereocenters. The number of aryl methyl sites for hydroxylation is 2. The number of nitrogens with one attached hydrogen (secondary N) is 1. The van der Waals surface area contributed by atoms with Crippen LogP contribution in [0.1, 0.15) is 131 Å². The summed E-state index contributed by atoms with van der Waals surface area (Å²) in [4.78, 5) is 70.5. The predicted octanol–water partition coefficient (Wildman–Crippen LogP) is 4.74. The largest absolute Gasteiger partial charge is 0.460 e. The lowest BCUT2D eigenvalue weighted by atomic mass is 9.74. The number of rotatable bonds is 21. The van der Waals surface area contributed by atoms with E-state index in [1.54, 1.807) is 48.5 Å². The van der Waals surface area contributed by atoms with Crippen LogP contribution in [0.25, 0.3) is 10.9 Å². The standard InChI is InChI=1S/C59H95N3O18/c1-17-44-59(11,70)51(67)35(5)47(64)33(3)30-57(9,72-15)52(80-56-49(66)43(61(12)13)28-34(4)75-56)36(6)50(37(7)54(68)77-44)79-46-31-58(10,73-16)53(38(8)76-46)78-45(63)23-25-60-24-19-20-39-21-22-42-40(29-39)48(65)41(32-62(42)18-2)55(69)74-27-26-71-14/h21-22,29,32-38,43-44,46,49-53,56,60,66-67,70H,17-20,23-28,30-31H2,1-16H3/t33-,34+,35-,36-,37+,38-,43-,44+,46-,49+,50-,51+,52+,53-,56-,57+,58+,59+/m0/s1. The average Bonchev–Trinajstić information content (AvgIpc) is 3.47. The second-order valence-corrected chi connectivity index (χ2v) is 23.3. The Morgan fingerprint density at radius 3 is 2.17 bits per heavy atom. The van der Waals surface area contributed by atoms with Crippen molar-refractivity contribution >= 4 is 34.6 Å². The first-order chi connectivity index (χ1) is 37.6. The summed E-state index contributed by atoms with van der Waals surface area (Å²) in [5.74, 6) is -6.01. The Hall–Kier alpha value is -3.97. The van der Waals surface area contributed by atoms with Crippen LogP contribution in [0.5, 0.6) is 0 Å². The van der Waals surface area contributed by atoms with Crippen LogP contribution in [-0.2, 0) is 74.7 Å². The molecule has 21 heteroatoms. The Labute approximate surface area is 472 Å². The number of methoxy groups -OCH3 is 3. The minimum atomic E-state index is -2.03. The van der Waals surface area contributed by atoms with Crippen LogP contribution in [-0.4, -0.2) is 194 Å². The number of Topliss-reactive ketones (excluding diaryl/α,β-unsaturated/α-hetero) is 1. The van der Waals surface area contributed by atoms with Crippen molar-refractivity contribution in [3.63, 3.8) is 0 Å². The topological polar surface area (TPSA) is 259 Å². The minimum Gasteiger partial charge on any atom is -0.460 e. The number of ketones is 1. The van der Waals surface area contributed by atoms with E-state index < -0.39 is 119 Å². The highest BCUT2D eigenvalue weighted by Crippen LogP contribution is 2.42. The molecule has 0 aliphatic carbocycles. The molecule has 0 unspecified atom stereocenters. The quantitative estimate of drug-likeness (QED) is 0.0748. The molecule has 1 aromatic carbocycles. The van der Waals surface area contributed by atoms with Crippen molar-refractivity contribution in [2.45, 2.75) is 212 Å². The lowest BCUT2D eigenvalue weighted by Gasteiger charge is -2.50. The van der Waals surface area contributed by atoms with Gasteiger partial charge in [0.25, 0.3) is 0 Å². The molecule has 80 heavy (non-hydrogen) atoms. The van der Waals surface area contributed by atoms with Crippen LogP contribution in [0.15, 0.2) is 29.2 Å². The molecule has 454 valence electrons. The molecule has 0 spiro atoms. The number of esters is 3. The van der Waals surface area contributed by atoms with E-state index in [1.807, 2.05) is 62.5 Å². The van der Waals surface area contributed by atoms with E-state index in [0.29, 0.717) is 49.8 Å². The van der Waals surface area contributed by atoms with Gasteiger partial charge in [-0.2, -0.15) is 0 Å². The number of carbonyl (C=O) groups excluding carboxylic acids is 4. The second kappa shape index (κ2) is 29.0. The van der Waals surface area contributed by atoms with Crippen molar-refractivity contribution in [3.05, 3.63) is 45.7 Å². The van der Waals surface area contributed by atoms with E-state index in [-0.39, 0.29) is 62.4 Å². The third-order valence-corrected chi connectivity index (χ3v) is 17.0. The summed E-state index contributed by atoms with van der Waals surface area (Å²) in [6.45, 7) is 20.6. The Morgan fingerprint density at radius 2 is 1.55 bits per heavy atom. The first kappa shape index (κ1) is 66.8. The molecule has 0 amide bonds. The molecular formula is C59H95N3O18. The van der Waals surface area contributed by atoms with Crippen molar-refractivity contribution in [3.8, 4) is 0 Å². The third-order valence-electron chi connectivity index (χ3n) is 17.0. The molecule has 3 saturated heterocycles. The average molecular weight is 1130 g/mol.